The fraction of sp³-hybridized carbons (Fsp3) is 0.0294. The Morgan fingerprint density at radius 1 is 0.347 bits per heavy atom. The second-order valence-electron chi connectivity index (χ2n) is 19.4. The van der Waals surface area contributed by atoms with Crippen molar-refractivity contribution >= 4 is 50.8 Å². The van der Waals surface area contributed by atoms with Crippen molar-refractivity contribution in [3.8, 4) is 44.9 Å². The third-order valence-electron chi connectivity index (χ3n) is 16.0. The van der Waals surface area contributed by atoms with Crippen molar-refractivity contribution in [3.05, 3.63) is 293 Å². The number of hydrogen-bond acceptors (Lipinski definition) is 4. The highest BCUT2D eigenvalue weighted by Gasteiger charge is 2.53. The van der Waals surface area contributed by atoms with Gasteiger partial charge in [-0.05, 0) is 128 Å². The Morgan fingerprint density at radius 3 is 1.60 bits per heavy atom. The predicted octanol–water partition coefficient (Wildman–Crippen LogP) is 18.0. The Labute approximate surface area is 421 Å². The predicted molar refractivity (Wildman–Crippen MR) is 293 cm³/mol. The minimum atomic E-state index is -0.628. The molecule has 2 spiro atoms. The third kappa shape index (κ3) is 5.16. The quantitative estimate of drug-likeness (QED) is 0.176. The van der Waals surface area contributed by atoms with Crippen LogP contribution in [-0.4, -0.2) is 0 Å². The standard InChI is InChI=1S/C68H41NO2S/c1-4-21-50-46(17-1)47-40-39-44(41-57(47)67(50)52-23-6-11-30-60(52)71-61-31-12-7-24-53(61)67)69(43-37-35-42(36-38-43)45-20-15-32-62-65(45)49-19-3-10-29-59(49)70-62)58-28-16-27-56-66(58)48-18-2-5-22-51(48)68(56)54-25-8-13-33-63(54)72-64-34-14-9-26-55(64)68/h1-41H. The molecule has 0 atom stereocenters. The van der Waals surface area contributed by atoms with E-state index >= 15 is 0 Å². The lowest BCUT2D eigenvalue weighted by Gasteiger charge is -2.40. The topological polar surface area (TPSA) is 25.6 Å². The monoisotopic (exact) mass is 935 g/mol. The summed E-state index contributed by atoms with van der Waals surface area (Å²) in [6.07, 6.45) is 0. The lowest BCUT2D eigenvalue weighted by molar-refractivity contribution is 0.436. The molecule has 2 aliphatic heterocycles. The molecule has 0 saturated heterocycles. The van der Waals surface area contributed by atoms with Gasteiger partial charge in [0.1, 0.15) is 22.7 Å². The van der Waals surface area contributed by atoms with Crippen LogP contribution in [-0.2, 0) is 10.8 Å². The molecule has 4 heteroatoms. The first-order valence-electron chi connectivity index (χ1n) is 24.7. The first-order chi connectivity index (χ1) is 35.7. The number of hydrogen-bond donors (Lipinski definition) is 0. The number of para-hydroxylation sites is 3. The van der Waals surface area contributed by atoms with Crippen LogP contribution in [0.25, 0.3) is 55.3 Å². The molecule has 0 saturated carbocycles. The van der Waals surface area contributed by atoms with Crippen LogP contribution >= 0.6 is 11.8 Å². The van der Waals surface area contributed by atoms with Gasteiger partial charge in [0.25, 0.3) is 0 Å². The Hall–Kier alpha value is -8.83. The van der Waals surface area contributed by atoms with Crippen molar-refractivity contribution in [2.24, 2.45) is 0 Å². The average Bonchev–Trinajstić information content (AvgIpc) is 4.07. The van der Waals surface area contributed by atoms with Gasteiger partial charge in [0.15, 0.2) is 0 Å². The van der Waals surface area contributed by atoms with E-state index in [1.165, 1.54) is 65.4 Å². The van der Waals surface area contributed by atoms with Gasteiger partial charge in [-0.1, -0.05) is 194 Å². The maximum atomic E-state index is 6.77. The summed E-state index contributed by atoms with van der Waals surface area (Å²) in [5, 5.41) is 2.25. The van der Waals surface area contributed by atoms with E-state index in [0.717, 1.165) is 72.8 Å². The Morgan fingerprint density at radius 2 is 0.861 bits per heavy atom. The average molecular weight is 936 g/mol. The van der Waals surface area contributed by atoms with Crippen LogP contribution in [0.2, 0.25) is 0 Å². The van der Waals surface area contributed by atoms with Crippen molar-refractivity contribution in [2.75, 3.05) is 4.90 Å². The molecule has 0 bridgehead atoms. The molecule has 4 aliphatic rings. The van der Waals surface area contributed by atoms with Gasteiger partial charge in [0.2, 0.25) is 0 Å². The Balaban J connectivity index is 0.978. The summed E-state index contributed by atoms with van der Waals surface area (Å²) >= 11 is 1.88. The second-order valence-corrected chi connectivity index (χ2v) is 20.5. The van der Waals surface area contributed by atoms with Gasteiger partial charge in [-0.2, -0.15) is 0 Å². The highest BCUT2D eigenvalue weighted by molar-refractivity contribution is 7.99. The van der Waals surface area contributed by atoms with Gasteiger partial charge in [0.05, 0.1) is 16.5 Å². The van der Waals surface area contributed by atoms with E-state index < -0.39 is 10.8 Å². The zero-order chi connectivity index (χ0) is 47.1. The number of nitrogens with zero attached hydrogens (tertiary/aromatic N) is 1. The van der Waals surface area contributed by atoms with Crippen LogP contribution in [0.1, 0.15) is 44.5 Å². The molecule has 3 nitrogen and oxygen atoms in total. The van der Waals surface area contributed by atoms with Crippen molar-refractivity contribution < 1.29 is 9.15 Å². The molecule has 336 valence electrons. The maximum absolute atomic E-state index is 6.77. The molecule has 2 aliphatic carbocycles. The van der Waals surface area contributed by atoms with E-state index in [4.69, 9.17) is 9.15 Å². The largest absolute Gasteiger partial charge is 0.457 e. The van der Waals surface area contributed by atoms with Gasteiger partial charge in [-0.15, -0.1) is 0 Å². The summed E-state index contributed by atoms with van der Waals surface area (Å²) < 4.78 is 13.2. The molecule has 12 aromatic rings. The van der Waals surface area contributed by atoms with E-state index in [0.29, 0.717) is 0 Å². The SMILES string of the molecule is c1ccc2c(c1)Oc1ccccc1C21c2ccccc2-c2ccc(N(c3ccc(-c4cccc5oc6ccccc6c45)cc3)c3cccc4c3-c3ccccc3C43c4ccccc4Sc4ccccc43)cc21. The molecule has 3 heterocycles. The summed E-state index contributed by atoms with van der Waals surface area (Å²) in [7, 11) is 0. The number of ether oxygens (including phenoxy) is 1. The molecule has 0 N–H and O–H groups in total. The zero-order valence-corrected chi connectivity index (χ0v) is 39.7. The summed E-state index contributed by atoms with van der Waals surface area (Å²) in [6, 6.07) is 91.7. The van der Waals surface area contributed by atoms with E-state index in [1.54, 1.807) is 0 Å². The molecule has 0 unspecified atom stereocenters. The van der Waals surface area contributed by atoms with Crippen LogP contribution < -0.4 is 9.64 Å². The van der Waals surface area contributed by atoms with Crippen LogP contribution in [0.5, 0.6) is 11.5 Å². The molecular formula is C68H41NO2S. The number of anilines is 3. The number of rotatable bonds is 4. The van der Waals surface area contributed by atoms with Gasteiger partial charge >= 0.3 is 0 Å². The molecular weight excluding hydrogens is 895 g/mol. The van der Waals surface area contributed by atoms with Gasteiger partial charge in [-0.25, -0.2) is 0 Å². The van der Waals surface area contributed by atoms with Crippen LogP contribution in [0.3, 0.4) is 0 Å². The number of furan rings is 1. The van der Waals surface area contributed by atoms with E-state index in [-0.39, 0.29) is 0 Å². The van der Waals surface area contributed by atoms with E-state index in [2.05, 4.69) is 248 Å². The highest BCUT2D eigenvalue weighted by Crippen LogP contribution is 2.66. The van der Waals surface area contributed by atoms with Crippen LogP contribution in [0.4, 0.5) is 17.1 Å². The fourth-order valence-electron chi connectivity index (χ4n) is 13.3. The second kappa shape index (κ2) is 14.8. The van der Waals surface area contributed by atoms with Crippen LogP contribution in [0, 0.1) is 0 Å². The Kier molecular flexibility index (Phi) is 8.24. The van der Waals surface area contributed by atoms with Crippen LogP contribution in [0.15, 0.2) is 263 Å². The summed E-state index contributed by atoms with van der Waals surface area (Å²) in [5.74, 6) is 1.76. The third-order valence-corrected chi connectivity index (χ3v) is 17.2. The highest BCUT2D eigenvalue weighted by atomic mass is 32.2. The summed E-state index contributed by atoms with van der Waals surface area (Å²) in [5.41, 5.74) is 21.2. The number of fused-ring (bicyclic) bond motifs is 21. The molecule has 72 heavy (non-hydrogen) atoms. The molecule has 0 amide bonds. The van der Waals surface area contributed by atoms with Gasteiger partial charge in [-0.3, -0.25) is 0 Å². The lowest BCUT2D eigenvalue weighted by Crippen LogP contribution is -2.32. The minimum absolute atomic E-state index is 0.527. The molecule has 1 aromatic heterocycles. The van der Waals surface area contributed by atoms with E-state index in [1.807, 2.05) is 17.8 Å². The smallest absolute Gasteiger partial charge is 0.136 e. The normalized spacial score (nSPS) is 14.4. The summed E-state index contributed by atoms with van der Waals surface area (Å²) in [4.78, 5) is 5.10. The van der Waals surface area contributed by atoms with E-state index in [9.17, 15) is 0 Å². The van der Waals surface area contributed by atoms with Gasteiger partial charge < -0.3 is 14.1 Å². The maximum Gasteiger partial charge on any atom is 0.136 e. The minimum Gasteiger partial charge on any atom is -0.457 e. The number of benzene rings is 11. The van der Waals surface area contributed by atoms with Crippen molar-refractivity contribution in [1.29, 1.82) is 0 Å². The first-order valence-corrected chi connectivity index (χ1v) is 25.6. The lowest BCUT2D eigenvalue weighted by atomic mass is 9.66. The molecule has 11 aromatic carbocycles. The molecule has 0 radical (unpaired) electrons. The molecule has 16 rings (SSSR count). The van der Waals surface area contributed by atoms with Gasteiger partial charge in [0, 0.05) is 48.6 Å². The molecule has 0 fully saturated rings. The first kappa shape index (κ1) is 40.0. The van der Waals surface area contributed by atoms with Crippen molar-refractivity contribution in [2.45, 2.75) is 20.6 Å². The van der Waals surface area contributed by atoms with Crippen molar-refractivity contribution in [1.82, 2.24) is 0 Å². The Bertz CT molecular complexity index is 4170. The zero-order valence-electron chi connectivity index (χ0n) is 38.8. The summed E-state index contributed by atoms with van der Waals surface area (Å²) in [6.45, 7) is 0. The fourth-order valence-corrected chi connectivity index (χ4v) is 14.5. The van der Waals surface area contributed by atoms with Crippen molar-refractivity contribution in [3.63, 3.8) is 0 Å².